The number of nitrogens with one attached hydrogen (secondary N) is 1. The second kappa shape index (κ2) is 6.68. The maximum absolute atomic E-state index is 12.8. The normalized spacial score (nSPS) is 10.7. The summed E-state index contributed by atoms with van der Waals surface area (Å²) in [5.41, 5.74) is 3.33. The number of aryl methyl sites for hydroxylation is 1. The largest absolute Gasteiger partial charge is 0.444 e. The average molecular weight is 345 g/mol. The van der Waals surface area contributed by atoms with Gasteiger partial charge in [0.2, 0.25) is 0 Å². The summed E-state index contributed by atoms with van der Waals surface area (Å²) in [6.07, 6.45) is 3.02. The van der Waals surface area contributed by atoms with Crippen molar-refractivity contribution in [3.8, 4) is 22.6 Å². The quantitative estimate of drug-likeness (QED) is 0.586. The Balaban J connectivity index is 1.58. The Kier molecular flexibility index (Phi) is 4.07. The number of nitrogens with zero attached hydrogens (tertiary/aromatic N) is 2. The molecule has 128 valence electrons. The number of anilines is 1. The third-order valence-corrected chi connectivity index (χ3v) is 4.00. The van der Waals surface area contributed by atoms with E-state index in [2.05, 4.69) is 15.5 Å². The highest BCUT2D eigenvalue weighted by Crippen LogP contribution is 2.26. The molecule has 0 aliphatic rings. The summed E-state index contributed by atoms with van der Waals surface area (Å²) in [6.45, 7) is 1.72. The molecule has 0 unspecified atom stereocenters. The predicted molar refractivity (Wildman–Crippen MR) is 96.6 cm³/mol. The van der Waals surface area contributed by atoms with Gasteiger partial charge in [-0.1, -0.05) is 35.5 Å². The first kappa shape index (κ1) is 15.8. The molecule has 2 heterocycles. The molecule has 1 N–H and O–H groups in total. The molecule has 6 nitrogen and oxygen atoms in total. The van der Waals surface area contributed by atoms with E-state index in [0.29, 0.717) is 28.5 Å². The van der Waals surface area contributed by atoms with E-state index in [1.807, 2.05) is 42.5 Å². The van der Waals surface area contributed by atoms with E-state index < -0.39 is 0 Å². The van der Waals surface area contributed by atoms with E-state index >= 15 is 0 Å². The summed E-state index contributed by atoms with van der Waals surface area (Å²) < 4.78 is 10.5. The SMILES string of the molecule is Cc1onc(-c2ccccc2)c1C(=O)Nc1ccc(-c2cnco2)cc1. The fraction of sp³-hybridized carbons (Fsp3) is 0.0500. The van der Waals surface area contributed by atoms with Gasteiger partial charge in [-0.25, -0.2) is 4.98 Å². The van der Waals surface area contributed by atoms with Gasteiger partial charge < -0.3 is 14.3 Å². The molecule has 26 heavy (non-hydrogen) atoms. The number of carbonyl (C=O) groups excluding carboxylic acids is 1. The minimum atomic E-state index is -0.269. The van der Waals surface area contributed by atoms with Gasteiger partial charge in [0.15, 0.2) is 12.2 Å². The molecule has 0 bridgehead atoms. The van der Waals surface area contributed by atoms with Crippen LogP contribution < -0.4 is 5.32 Å². The van der Waals surface area contributed by atoms with Crippen LogP contribution in [-0.4, -0.2) is 16.0 Å². The van der Waals surface area contributed by atoms with E-state index in [1.54, 1.807) is 25.3 Å². The summed E-state index contributed by atoms with van der Waals surface area (Å²) in [6, 6.07) is 16.8. The third kappa shape index (κ3) is 3.00. The molecule has 0 radical (unpaired) electrons. The van der Waals surface area contributed by atoms with Gasteiger partial charge in [-0.05, 0) is 31.2 Å². The van der Waals surface area contributed by atoms with Crippen molar-refractivity contribution in [3.63, 3.8) is 0 Å². The first-order valence-electron chi connectivity index (χ1n) is 8.04. The van der Waals surface area contributed by atoms with Crippen molar-refractivity contribution in [2.75, 3.05) is 5.32 Å². The van der Waals surface area contributed by atoms with E-state index in [4.69, 9.17) is 8.94 Å². The average Bonchev–Trinajstić information content (AvgIpc) is 3.33. The first-order chi connectivity index (χ1) is 12.7. The Morgan fingerprint density at radius 3 is 2.46 bits per heavy atom. The van der Waals surface area contributed by atoms with E-state index in [9.17, 15) is 4.79 Å². The second-order valence-electron chi connectivity index (χ2n) is 5.73. The summed E-state index contributed by atoms with van der Waals surface area (Å²) in [4.78, 5) is 16.7. The fourth-order valence-corrected chi connectivity index (χ4v) is 2.70. The Morgan fingerprint density at radius 2 is 1.77 bits per heavy atom. The van der Waals surface area contributed by atoms with Crippen LogP contribution >= 0.6 is 0 Å². The summed E-state index contributed by atoms with van der Waals surface area (Å²) in [5.74, 6) is 0.874. The maximum atomic E-state index is 12.8. The second-order valence-corrected chi connectivity index (χ2v) is 5.73. The molecule has 0 saturated heterocycles. The zero-order valence-corrected chi connectivity index (χ0v) is 14.0. The molecular formula is C20H15N3O3. The maximum Gasteiger partial charge on any atom is 0.261 e. The molecule has 6 heteroatoms. The van der Waals surface area contributed by atoms with Crippen LogP contribution in [0.4, 0.5) is 5.69 Å². The van der Waals surface area contributed by atoms with E-state index in [0.717, 1.165) is 11.1 Å². The number of benzene rings is 2. The lowest BCUT2D eigenvalue weighted by molar-refractivity contribution is 0.102. The lowest BCUT2D eigenvalue weighted by atomic mass is 10.1. The Hall–Kier alpha value is -3.67. The van der Waals surface area contributed by atoms with Crippen LogP contribution in [0.3, 0.4) is 0 Å². The number of rotatable bonds is 4. The molecule has 0 aliphatic heterocycles. The molecule has 2 aromatic heterocycles. The van der Waals surface area contributed by atoms with Crippen LogP contribution in [0.1, 0.15) is 16.1 Å². The van der Waals surface area contributed by atoms with Crippen molar-refractivity contribution in [1.29, 1.82) is 0 Å². The first-order valence-corrected chi connectivity index (χ1v) is 8.04. The number of oxazole rings is 1. The minimum absolute atomic E-state index is 0.269. The summed E-state index contributed by atoms with van der Waals surface area (Å²) in [5, 5.41) is 6.92. The lowest BCUT2D eigenvalue weighted by Gasteiger charge is -2.06. The van der Waals surface area contributed by atoms with Gasteiger partial charge in [-0.2, -0.15) is 0 Å². The zero-order valence-electron chi connectivity index (χ0n) is 14.0. The van der Waals surface area contributed by atoms with Crippen molar-refractivity contribution in [2.24, 2.45) is 0 Å². The monoisotopic (exact) mass is 345 g/mol. The van der Waals surface area contributed by atoms with Crippen molar-refractivity contribution in [1.82, 2.24) is 10.1 Å². The number of hydrogen-bond acceptors (Lipinski definition) is 5. The van der Waals surface area contributed by atoms with Crippen molar-refractivity contribution in [3.05, 3.63) is 78.5 Å². The van der Waals surface area contributed by atoms with Crippen molar-refractivity contribution in [2.45, 2.75) is 6.92 Å². The van der Waals surface area contributed by atoms with Crippen LogP contribution in [0.2, 0.25) is 0 Å². The molecular weight excluding hydrogens is 330 g/mol. The Labute approximate surface area is 149 Å². The van der Waals surface area contributed by atoms with Crippen LogP contribution in [0.15, 0.2) is 76.1 Å². The molecule has 0 saturated carbocycles. The van der Waals surface area contributed by atoms with Crippen LogP contribution in [0.25, 0.3) is 22.6 Å². The number of carbonyl (C=O) groups is 1. The highest BCUT2D eigenvalue weighted by atomic mass is 16.5. The number of hydrogen-bond donors (Lipinski definition) is 1. The highest BCUT2D eigenvalue weighted by molar-refractivity contribution is 6.08. The Morgan fingerprint density at radius 1 is 1.00 bits per heavy atom. The van der Waals surface area contributed by atoms with Crippen LogP contribution in [0.5, 0.6) is 0 Å². The van der Waals surface area contributed by atoms with Gasteiger partial charge in [0.25, 0.3) is 5.91 Å². The summed E-state index contributed by atoms with van der Waals surface area (Å²) >= 11 is 0. The third-order valence-electron chi connectivity index (χ3n) is 4.00. The van der Waals surface area contributed by atoms with Gasteiger partial charge in [0.1, 0.15) is 17.0 Å². The van der Waals surface area contributed by atoms with Gasteiger partial charge in [-0.15, -0.1) is 0 Å². The number of aromatic nitrogens is 2. The smallest absolute Gasteiger partial charge is 0.261 e. The standard InChI is InChI=1S/C20H15N3O3/c1-13-18(19(23-26-13)15-5-3-2-4-6-15)20(24)22-16-9-7-14(8-10-16)17-11-21-12-25-17/h2-12H,1H3,(H,22,24). The molecule has 0 atom stereocenters. The van der Waals surface area contributed by atoms with E-state index in [1.165, 1.54) is 6.39 Å². The molecule has 4 aromatic rings. The van der Waals surface area contributed by atoms with Crippen molar-refractivity contribution >= 4 is 11.6 Å². The van der Waals surface area contributed by atoms with E-state index in [-0.39, 0.29) is 5.91 Å². The Bertz CT molecular complexity index is 1020. The molecule has 4 rings (SSSR count). The minimum Gasteiger partial charge on any atom is -0.444 e. The fourth-order valence-electron chi connectivity index (χ4n) is 2.70. The summed E-state index contributed by atoms with van der Waals surface area (Å²) in [7, 11) is 0. The van der Waals surface area contributed by atoms with Gasteiger partial charge in [-0.3, -0.25) is 4.79 Å². The molecule has 0 fully saturated rings. The topological polar surface area (TPSA) is 81.2 Å². The molecule has 2 aromatic carbocycles. The molecule has 1 amide bonds. The lowest BCUT2D eigenvalue weighted by Crippen LogP contribution is -2.13. The van der Waals surface area contributed by atoms with Gasteiger partial charge in [0, 0.05) is 16.8 Å². The molecule has 0 spiro atoms. The van der Waals surface area contributed by atoms with Crippen molar-refractivity contribution < 1.29 is 13.7 Å². The number of amides is 1. The zero-order chi connectivity index (χ0) is 17.9. The predicted octanol–water partition coefficient (Wildman–Crippen LogP) is 4.56. The van der Waals surface area contributed by atoms with Crippen LogP contribution in [0, 0.1) is 6.92 Å². The highest BCUT2D eigenvalue weighted by Gasteiger charge is 2.21. The van der Waals surface area contributed by atoms with Crippen LogP contribution in [-0.2, 0) is 0 Å². The van der Waals surface area contributed by atoms with Gasteiger partial charge >= 0.3 is 0 Å². The molecule has 0 aliphatic carbocycles. The van der Waals surface area contributed by atoms with Gasteiger partial charge in [0.05, 0.1) is 6.20 Å².